The first-order chi connectivity index (χ1) is 16.5. The summed E-state index contributed by atoms with van der Waals surface area (Å²) < 4.78 is 33.6. The molecule has 0 radical (unpaired) electrons. The van der Waals surface area contributed by atoms with Crippen LogP contribution in [0.3, 0.4) is 0 Å². The molecule has 5 amide bonds. The number of fused-ring (bicyclic) bond motifs is 1. The zero-order valence-corrected chi connectivity index (χ0v) is 20.7. The lowest BCUT2D eigenvalue weighted by molar-refractivity contribution is -0.141. The molecule has 4 N–H and O–H groups in total. The first kappa shape index (κ1) is 27.2. The number of nitrogens with one attached hydrogen (secondary N) is 3. The van der Waals surface area contributed by atoms with Gasteiger partial charge in [-0.2, -0.15) is 20.2 Å². The van der Waals surface area contributed by atoms with Gasteiger partial charge in [-0.25, -0.2) is 4.79 Å². The van der Waals surface area contributed by atoms with E-state index in [1.807, 2.05) is 11.8 Å². The predicted octanol–water partition coefficient (Wildman–Crippen LogP) is -0.138. The Morgan fingerprint density at radius 3 is 2.51 bits per heavy atom. The maximum absolute atomic E-state index is 12.3. The summed E-state index contributed by atoms with van der Waals surface area (Å²) in [7, 11) is -4.90. The molecule has 13 nitrogen and oxygen atoms in total. The summed E-state index contributed by atoms with van der Waals surface area (Å²) in [5.41, 5.74) is 0. The lowest BCUT2D eigenvalue weighted by atomic mass is 10.0. The standard InChI is InChI=1S/C20H30N4O9S2/c25-15(6-2-1-5-14-19-13(11-34-14)22-20(29)23-19)21-10-12(24-16(26)8-9-17(24)27)4-3-7-18(28)33-35(30,31)32/h12-14,19H,1-11H2,(H,21,25)(H2,22,23,29)(H,30,31,32)/t12?,13-,14-,19-/m0/s1. The molecule has 3 saturated heterocycles. The fraction of sp³-hybridized carbons (Fsp3) is 0.750. The highest BCUT2D eigenvalue weighted by atomic mass is 32.3. The van der Waals surface area contributed by atoms with E-state index in [1.54, 1.807) is 0 Å². The fourth-order valence-electron chi connectivity index (χ4n) is 4.56. The third kappa shape index (κ3) is 8.07. The monoisotopic (exact) mass is 534 g/mol. The van der Waals surface area contributed by atoms with Crippen molar-refractivity contribution in [1.29, 1.82) is 0 Å². The molecule has 3 fully saturated rings. The van der Waals surface area contributed by atoms with Crippen LogP contribution in [0.4, 0.5) is 4.79 Å². The highest BCUT2D eigenvalue weighted by molar-refractivity contribution is 8.00. The summed E-state index contributed by atoms with van der Waals surface area (Å²) in [4.78, 5) is 60.7. The predicted molar refractivity (Wildman–Crippen MR) is 123 cm³/mol. The van der Waals surface area contributed by atoms with Crippen LogP contribution in [-0.4, -0.2) is 83.3 Å². The molecule has 3 rings (SSSR count). The zero-order chi connectivity index (χ0) is 25.6. The Morgan fingerprint density at radius 1 is 1.11 bits per heavy atom. The number of likely N-dealkylation sites (tertiary alicyclic amines) is 1. The Hall–Kier alpha value is -2.39. The van der Waals surface area contributed by atoms with E-state index in [4.69, 9.17) is 4.55 Å². The zero-order valence-electron chi connectivity index (χ0n) is 19.1. The van der Waals surface area contributed by atoms with Gasteiger partial charge in [0.2, 0.25) is 17.7 Å². The molecule has 4 atom stereocenters. The number of carbonyl (C=O) groups is 5. The molecule has 0 aromatic carbocycles. The number of amides is 5. The average Bonchev–Trinajstić information content (AvgIpc) is 3.41. The number of unbranched alkanes of at least 4 members (excludes halogenated alkanes) is 1. The molecule has 0 saturated carbocycles. The number of hydrogen-bond donors (Lipinski definition) is 4. The van der Waals surface area contributed by atoms with Crippen LogP contribution in [0.2, 0.25) is 0 Å². The van der Waals surface area contributed by atoms with Crippen LogP contribution in [0.25, 0.3) is 0 Å². The van der Waals surface area contributed by atoms with Crippen molar-refractivity contribution in [3.63, 3.8) is 0 Å². The summed E-state index contributed by atoms with van der Waals surface area (Å²) in [6, 6.07) is -0.536. The van der Waals surface area contributed by atoms with Crippen LogP contribution in [-0.2, 0) is 33.8 Å². The van der Waals surface area contributed by atoms with Gasteiger partial charge in [0.15, 0.2) is 0 Å². The van der Waals surface area contributed by atoms with E-state index in [1.165, 1.54) is 0 Å². The Kier molecular flexibility index (Phi) is 9.35. The van der Waals surface area contributed by atoms with E-state index in [9.17, 15) is 32.4 Å². The Bertz CT molecular complexity index is 942. The number of hydrogen-bond acceptors (Lipinski definition) is 9. The van der Waals surface area contributed by atoms with E-state index >= 15 is 0 Å². The van der Waals surface area contributed by atoms with E-state index in [0.717, 1.165) is 23.5 Å². The summed E-state index contributed by atoms with van der Waals surface area (Å²) in [6.07, 6.45) is 2.64. The van der Waals surface area contributed by atoms with E-state index in [2.05, 4.69) is 20.1 Å². The Balaban J connectivity index is 1.40. The largest absolute Gasteiger partial charge is 0.448 e. The average molecular weight is 535 g/mol. The lowest BCUT2D eigenvalue weighted by Crippen LogP contribution is -2.46. The third-order valence-electron chi connectivity index (χ3n) is 6.19. The Labute approximate surface area is 207 Å². The first-order valence-electron chi connectivity index (χ1n) is 11.5. The fourth-order valence-corrected chi connectivity index (χ4v) is 6.42. The third-order valence-corrected chi connectivity index (χ3v) is 8.09. The van der Waals surface area contributed by atoms with Gasteiger partial charge in [-0.15, -0.1) is 0 Å². The van der Waals surface area contributed by atoms with Crippen LogP contribution < -0.4 is 16.0 Å². The van der Waals surface area contributed by atoms with Crippen molar-refractivity contribution in [2.45, 2.75) is 81.2 Å². The summed E-state index contributed by atoms with van der Waals surface area (Å²) in [5.74, 6) is -1.25. The molecule has 0 aromatic heterocycles. The molecule has 196 valence electrons. The van der Waals surface area contributed by atoms with Crippen molar-refractivity contribution in [3.05, 3.63) is 0 Å². The lowest BCUT2D eigenvalue weighted by Gasteiger charge is -2.26. The molecular weight excluding hydrogens is 504 g/mol. The van der Waals surface area contributed by atoms with Gasteiger partial charge >= 0.3 is 22.4 Å². The van der Waals surface area contributed by atoms with Crippen molar-refractivity contribution in [1.82, 2.24) is 20.9 Å². The molecule has 1 unspecified atom stereocenters. The highest BCUT2D eigenvalue weighted by Crippen LogP contribution is 2.33. The second kappa shape index (κ2) is 12.0. The number of carbonyl (C=O) groups excluding carboxylic acids is 5. The van der Waals surface area contributed by atoms with Crippen LogP contribution in [0.1, 0.15) is 57.8 Å². The number of nitrogens with zero attached hydrogens (tertiary/aromatic N) is 1. The maximum atomic E-state index is 12.3. The highest BCUT2D eigenvalue weighted by Gasteiger charge is 2.42. The maximum Gasteiger partial charge on any atom is 0.448 e. The normalized spacial score (nSPS) is 24.7. The number of imide groups is 1. The molecule has 35 heavy (non-hydrogen) atoms. The smallest absolute Gasteiger partial charge is 0.354 e. The van der Waals surface area contributed by atoms with E-state index in [0.29, 0.717) is 11.7 Å². The van der Waals surface area contributed by atoms with Gasteiger partial charge in [-0.3, -0.25) is 28.6 Å². The van der Waals surface area contributed by atoms with Gasteiger partial charge in [0, 0.05) is 43.2 Å². The molecule has 0 spiro atoms. The van der Waals surface area contributed by atoms with Gasteiger partial charge in [0.05, 0.1) is 18.1 Å². The van der Waals surface area contributed by atoms with Crippen LogP contribution in [0.15, 0.2) is 0 Å². The minimum Gasteiger partial charge on any atom is -0.354 e. The summed E-state index contributed by atoms with van der Waals surface area (Å²) in [5, 5.41) is 8.88. The van der Waals surface area contributed by atoms with E-state index in [-0.39, 0.29) is 80.9 Å². The quantitative estimate of drug-likeness (QED) is 0.107. The topological polar surface area (TPSA) is 188 Å². The molecule has 15 heteroatoms. The van der Waals surface area contributed by atoms with Crippen LogP contribution in [0, 0.1) is 0 Å². The molecule has 3 heterocycles. The summed E-state index contributed by atoms with van der Waals surface area (Å²) in [6.45, 7) is 0.0175. The minimum absolute atomic E-state index is 0.0175. The second-order valence-electron chi connectivity index (χ2n) is 8.76. The Morgan fingerprint density at radius 2 is 1.83 bits per heavy atom. The van der Waals surface area contributed by atoms with Crippen molar-refractivity contribution >= 4 is 51.9 Å². The van der Waals surface area contributed by atoms with Gasteiger partial charge in [0.1, 0.15) is 0 Å². The number of rotatable bonds is 13. The SMILES string of the molecule is O=C(CCCC[C@@H]1SC[C@@H]2NC(=O)N[C@@H]21)NCC(CCCC(=O)OS(=O)(=O)O)N1C(=O)CCC1=O. The van der Waals surface area contributed by atoms with Gasteiger partial charge in [0.25, 0.3) is 0 Å². The molecule has 0 aromatic rings. The number of urea groups is 1. The molecule has 0 aliphatic carbocycles. The summed E-state index contributed by atoms with van der Waals surface area (Å²) >= 11 is 1.81. The number of thioether (sulfide) groups is 1. The van der Waals surface area contributed by atoms with Crippen molar-refractivity contribution < 1.29 is 41.1 Å². The van der Waals surface area contributed by atoms with Crippen molar-refractivity contribution in [2.24, 2.45) is 0 Å². The minimum atomic E-state index is -4.90. The van der Waals surface area contributed by atoms with Crippen LogP contribution >= 0.6 is 11.8 Å². The molecule has 3 aliphatic heterocycles. The van der Waals surface area contributed by atoms with Crippen molar-refractivity contribution in [2.75, 3.05) is 12.3 Å². The van der Waals surface area contributed by atoms with Crippen molar-refractivity contribution in [3.8, 4) is 0 Å². The molecule has 0 bridgehead atoms. The van der Waals surface area contributed by atoms with E-state index < -0.39 is 22.4 Å². The second-order valence-corrected chi connectivity index (χ2v) is 11.1. The molecular formula is C20H30N4O9S2. The van der Waals surface area contributed by atoms with Gasteiger partial charge < -0.3 is 20.1 Å². The van der Waals surface area contributed by atoms with Gasteiger partial charge in [-0.1, -0.05) is 6.42 Å². The van der Waals surface area contributed by atoms with Gasteiger partial charge in [-0.05, 0) is 25.7 Å². The first-order valence-corrected chi connectivity index (χ1v) is 13.9. The molecule has 3 aliphatic rings. The van der Waals surface area contributed by atoms with Crippen LogP contribution in [0.5, 0.6) is 0 Å².